The van der Waals surface area contributed by atoms with Crippen molar-refractivity contribution in [1.82, 2.24) is 16.1 Å². The molecule has 0 fully saturated rings. The highest BCUT2D eigenvalue weighted by Gasteiger charge is 2.39. The maximum absolute atomic E-state index is 14.1. The van der Waals surface area contributed by atoms with E-state index in [1.54, 1.807) is 47.5 Å². The Kier molecular flexibility index (Phi) is 14.6. The molecule has 5 aromatic rings. The summed E-state index contributed by atoms with van der Waals surface area (Å²) in [5.74, 6) is 4.31. The molecule has 19 nitrogen and oxygen atoms in total. The highest BCUT2D eigenvalue weighted by atomic mass is 16.5. The van der Waals surface area contributed by atoms with Crippen LogP contribution in [-0.2, 0) is 45.2 Å². The van der Waals surface area contributed by atoms with Gasteiger partial charge in [-0.25, -0.2) is 5.84 Å². The number of nitrogens with zero attached hydrogens (tertiary/aromatic N) is 3. The van der Waals surface area contributed by atoms with Crippen molar-refractivity contribution in [1.29, 1.82) is 0 Å². The number of carbonyl (C=O) groups excluding carboxylic acids is 6. The molecule has 0 aliphatic carbocycles. The smallest absolute Gasteiger partial charge is 0.261 e. The molecular weight excluding hydrogens is 935 g/mol. The number of hydrogen-bond donors (Lipinski definition) is 6. The Morgan fingerprint density at radius 2 is 1.29 bits per heavy atom. The van der Waals surface area contributed by atoms with Crippen LogP contribution in [0.2, 0.25) is 0 Å². The lowest BCUT2D eigenvalue weighted by Crippen LogP contribution is -2.50. The molecule has 6 amide bonds. The van der Waals surface area contributed by atoms with Gasteiger partial charge in [0.25, 0.3) is 11.8 Å². The molecule has 0 radical (unpaired) electrons. The topological polar surface area (TPSA) is 244 Å². The van der Waals surface area contributed by atoms with E-state index in [1.165, 1.54) is 28.1 Å². The number of hydrazine groups is 1. The predicted octanol–water partition coefficient (Wildman–Crippen LogP) is 5.64. The molecule has 378 valence electrons. The first-order chi connectivity index (χ1) is 35.3. The molecule has 4 atom stereocenters. The van der Waals surface area contributed by atoms with E-state index in [9.17, 15) is 28.8 Å². The highest BCUT2D eigenvalue weighted by molar-refractivity contribution is 6.15. The summed E-state index contributed by atoms with van der Waals surface area (Å²) in [5.41, 5.74) is 9.42. The van der Waals surface area contributed by atoms with E-state index < -0.39 is 23.9 Å². The first-order valence-electron chi connectivity index (χ1n) is 24.2. The van der Waals surface area contributed by atoms with Crippen LogP contribution < -0.4 is 61.3 Å². The zero-order valence-corrected chi connectivity index (χ0v) is 40.9. The van der Waals surface area contributed by atoms with E-state index in [0.717, 1.165) is 28.9 Å². The molecule has 1 unspecified atom stereocenters. The summed E-state index contributed by atoms with van der Waals surface area (Å²) in [5, 5.41) is 11.6. The van der Waals surface area contributed by atoms with Crippen molar-refractivity contribution in [2.24, 2.45) is 10.8 Å². The molecule has 19 heteroatoms. The van der Waals surface area contributed by atoms with Crippen LogP contribution in [0.15, 0.2) is 96.0 Å². The first kappa shape index (κ1) is 49.5. The summed E-state index contributed by atoms with van der Waals surface area (Å²) in [6.07, 6.45) is 4.30. The number of nitrogens with one attached hydrogen (secondary N) is 5. The van der Waals surface area contributed by atoms with Crippen molar-refractivity contribution in [3.8, 4) is 23.0 Å². The number of anilines is 4. The quantitative estimate of drug-likeness (QED) is 0.0270. The van der Waals surface area contributed by atoms with Crippen LogP contribution in [0.3, 0.4) is 0 Å². The third kappa shape index (κ3) is 10.6. The Balaban J connectivity index is 0.931. The number of fused-ring (bicyclic) bond motifs is 8. The molecule has 4 heterocycles. The minimum absolute atomic E-state index is 0.00850. The zero-order chi connectivity index (χ0) is 51.3. The number of rotatable bonds is 18. The maximum Gasteiger partial charge on any atom is 0.261 e. The van der Waals surface area contributed by atoms with Gasteiger partial charge in [-0.1, -0.05) is 36.4 Å². The highest BCUT2D eigenvalue weighted by Crippen LogP contribution is 2.43. The van der Waals surface area contributed by atoms with Gasteiger partial charge in [0.2, 0.25) is 23.6 Å². The molecule has 7 N–H and O–H groups in total. The van der Waals surface area contributed by atoms with Crippen molar-refractivity contribution in [2.45, 2.75) is 89.8 Å². The monoisotopic (exact) mass is 991 g/mol. The van der Waals surface area contributed by atoms with Crippen molar-refractivity contribution < 1.29 is 47.7 Å². The summed E-state index contributed by atoms with van der Waals surface area (Å²) in [7, 11) is 3.00. The number of benzene rings is 5. The molecule has 0 aromatic heterocycles. The van der Waals surface area contributed by atoms with E-state index in [-0.39, 0.29) is 61.8 Å². The molecule has 0 spiro atoms. The third-order valence-electron chi connectivity index (χ3n) is 13.3. The van der Waals surface area contributed by atoms with Gasteiger partial charge in [0, 0.05) is 61.2 Å². The van der Waals surface area contributed by atoms with E-state index in [0.29, 0.717) is 88.1 Å². The predicted molar refractivity (Wildman–Crippen MR) is 274 cm³/mol. The molecule has 9 rings (SSSR count). The van der Waals surface area contributed by atoms with Crippen molar-refractivity contribution in [3.63, 3.8) is 0 Å². The molecule has 4 aliphatic heterocycles. The molecular formula is C54H57N9O10. The zero-order valence-electron chi connectivity index (χ0n) is 40.9. The van der Waals surface area contributed by atoms with Crippen molar-refractivity contribution in [3.05, 3.63) is 124 Å². The van der Waals surface area contributed by atoms with Crippen LogP contribution in [0, 0.1) is 0 Å². The van der Waals surface area contributed by atoms with Crippen LogP contribution in [0.4, 0.5) is 28.4 Å². The minimum Gasteiger partial charge on any atom is -0.493 e. The Morgan fingerprint density at radius 1 is 0.699 bits per heavy atom. The Labute approximate surface area is 421 Å². The fourth-order valence-corrected chi connectivity index (χ4v) is 9.60. The maximum atomic E-state index is 14.1. The average molecular weight is 992 g/mol. The Hall–Kier alpha value is -8.45. The van der Waals surface area contributed by atoms with Gasteiger partial charge in [0.05, 0.1) is 48.8 Å². The first-order valence-corrected chi connectivity index (χ1v) is 24.2. The van der Waals surface area contributed by atoms with Crippen LogP contribution in [0.25, 0.3) is 0 Å². The van der Waals surface area contributed by atoms with E-state index in [2.05, 4.69) is 21.3 Å². The Morgan fingerprint density at radius 3 is 1.96 bits per heavy atom. The fraction of sp³-hybridized carbons (Fsp3) is 0.315. The summed E-state index contributed by atoms with van der Waals surface area (Å²) in [6.45, 7) is 3.53. The standard InChI is InChI=1S/C54H57N9O10/c1-30(58-49(64)15-9-10-16-50(65)61-55)51(66)59-31(2)52(67)60-36-18-32(28-72-47-24-41-39(22-45(47)70-3)53(68)62-37(26-56-41)20-34-11-5-7-13-43(34)62)17-33(19-36)29-73-48-25-42-40(23-46(48)71-4)54(69)63-38(27-57-42)21-35-12-6-8-14-44(35)63/h5-8,11-14,17-19,22-26,30-31,37-38,57H,9-10,15-16,20-21,27-29,55H2,1-4H3,(H,58,64)(H,59,66)(H,60,67)(H,61,65)/t30-,31?,37-,38-/m0/s1. The summed E-state index contributed by atoms with van der Waals surface area (Å²) in [6, 6.07) is 25.5. The van der Waals surface area contributed by atoms with Crippen molar-refractivity contribution in [2.75, 3.05) is 41.2 Å². The molecule has 0 bridgehead atoms. The second-order valence-corrected chi connectivity index (χ2v) is 18.4. The number of nitrogens with two attached hydrogens (primary N) is 1. The molecule has 5 aromatic carbocycles. The molecule has 0 saturated heterocycles. The second-order valence-electron chi connectivity index (χ2n) is 18.4. The van der Waals surface area contributed by atoms with Crippen LogP contribution in [-0.4, -0.2) is 86.6 Å². The van der Waals surface area contributed by atoms with Crippen LogP contribution >= 0.6 is 0 Å². The third-order valence-corrected chi connectivity index (χ3v) is 13.3. The van der Waals surface area contributed by atoms with E-state index in [1.807, 2.05) is 64.9 Å². The minimum atomic E-state index is -1.03. The van der Waals surface area contributed by atoms with Crippen LogP contribution in [0.1, 0.15) is 82.5 Å². The van der Waals surface area contributed by atoms with Gasteiger partial charge in [-0.15, -0.1) is 0 Å². The number of aliphatic imine (C=N–C) groups is 1. The number of para-hydroxylation sites is 2. The number of methoxy groups -OCH3 is 2. The van der Waals surface area contributed by atoms with Crippen molar-refractivity contribution >= 4 is 70.1 Å². The van der Waals surface area contributed by atoms with Gasteiger partial charge in [-0.05, 0) is 97.8 Å². The lowest BCUT2D eigenvalue weighted by Gasteiger charge is -2.22. The molecule has 73 heavy (non-hydrogen) atoms. The lowest BCUT2D eigenvalue weighted by atomic mass is 10.1. The normalized spacial score (nSPS) is 16.6. The number of carbonyl (C=O) groups is 6. The largest absolute Gasteiger partial charge is 0.493 e. The van der Waals surface area contributed by atoms with Gasteiger partial charge in [0.1, 0.15) is 25.3 Å². The van der Waals surface area contributed by atoms with Gasteiger partial charge in [-0.2, -0.15) is 0 Å². The number of ether oxygens (including phenoxy) is 4. The van der Waals surface area contributed by atoms with Crippen LogP contribution in [0.5, 0.6) is 23.0 Å². The number of unbranched alkanes of at least 4 members (excludes halogenated alkanes) is 1. The fourth-order valence-electron chi connectivity index (χ4n) is 9.60. The summed E-state index contributed by atoms with van der Waals surface area (Å²) >= 11 is 0. The SMILES string of the molecule is COc1cc2c(cc1OCc1cc(COc3cc4c(cc3OC)C(=O)N3c5ccccc5C[C@H]3CN4)cc(NC(=O)C(C)NC(=O)[C@H](C)NC(=O)CCCCC(=O)NN)c1)N=C[C@@H]1Cc3ccccc3N1C2=O. The molecule has 0 saturated carbocycles. The van der Waals surface area contributed by atoms with E-state index in [4.69, 9.17) is 29.8 Å². The van der Waals surface area contributed by atoms with Gasteiger partial charge >= 0.3 is 0 Å². The van der Waals surface area contributed by atoms with Gasteiger partial charge in [-0.3, -0.25) is 44.1 Å². The summed E-state index contributed by atoms with van der Waals surface area (Å²) in [4.78, 5) is 87.3. The molecule has 4 aliphatic rings. The average Bonchev–Trinajstić information content (AvgIpc) is 3.89. The lowest BCUT2D eigenvalue weighted by molar-refractivity contribution is -0.130. The summed E-state index contributed by atoms with van der Waals surface area (Å²) < 4.78 is 24.4. The Bertz CT molecular complexity index is 3030. The van der Waals surface area contributed by atoms with Gasteiger partial charge < -0.3 is 45.1 Å². The second kappa shape index (κ2) is 21.5. The van der Waals surface area contributed by atoms with Gasteiger partial charge in [0.15, 0.2) is 23.0 Å². The number of hydrogen-bond acceptors (Lipinski definition) is 13. The number of amides is 6. The van der Waals surface area contributed by atoms with E-state index >= 15 is 0 Å².